The maximum Gasteiger partial charge on any atom is 0.201 e. The van der Waals surface area contributed by atoms with Crippen molar-refractivity contribution in [3.8, 4) is 28.0 Å². The standard InChI is InChI=1S/C37H45F3O2/c1-3-5-7-8-9-10-12-24-41-35-23-22-33(36(39)37(35)40)28-16-14-27(15-17-28)32-21-19-29(25-34(32)38)30-18-20-31(42-26-30)13-11-6-4-2/h4,6,14-17,19,21-23,25,30-31H,3,5,7-13,18,20,24,26H2,1-2H3. The first-order valence-corrected chi connectivity index (χ1v) is 15.8. The third-order valence-corrected chi connectivity index (χ3v) is 8.29. The number of ether oxygens (including phenoxy) is 2. The van der Waals surface area contributed by atoms with Crippen LogP contribution in [0.3, 0.4) is 0 Å². The van der Waals surface area contributed by atoms with Crippen LogP contribution in [0.25, 0.3) is 22.3 Å². The van der Waals surface area contributed by atoms with Gasteiger partial charge in [0, 0.05) is 17.0 Å². The lowest BCUT2D eigenvalue weighted by atomic mass is 9.89. The van der Waals surface area contributed by atoms with Crippen LogP contribution in [0.4, 0.5) is 13.2 Å². The first-order valence-electron chi connectivity index (χ1n) is 15.8. The van der Waals surface area contributed by atoms with E-state index in [9.17, 15) is 8.78 Å². The Morgan fingerprint density at radius 3 is 2.17 bits per heavy atom. The summed E-state index contributed by atoms with van der Waals surface area (Å²) in [5.74, 6) is -2.08. The average Bonchev–Trinajstić information content (AvgIpc) is 3.01. The molecule has 0 radical (unpaired) electrons. The van der Waals surface area contributed by atoms with Crippen LogP contribution in [0.1, 0.15) is 96.0 Å². The first-order chi connectivity index (χ1) is 20.5. The molecular formula is C37H45F3O2. The highest BCUT2D eigenvalue weighted by Crippen LogP contribution is 2.35. The maximum absolute atomic E-state index is 15.2. The van der Waals surface area contributed by atoms with Crippen LogP contribution in [0.15, 0.2) is 66.7 Å². The van der Waals surface area contributed by atoms with Gasteiger partial charge in [-0.25, -0.2) is 8.78 Å². The molecule has 2 atom stereocenters. The highest BCUT2D eigenvalue weighted by atomic mass is 19.2. The van der Waals surface area contributed by atoms with Crippen LogP contribution in [-0.2, 0) is 4.74 Å². The Morgan fingerprint density at radius 1 is 0.810 bits per heavy atom. The molecular weight excluding hydrogens is 533 g/mol. The van der Waals surface area contributed by atoms with Crippen molar-refractivity contribution in [3.63, 3.8) is 0 Å². The summed E-state index contributed by atoms with van der Waals surface area (Å²) in [5, 5.41) is 0. The quantitative estimate of drug-likeness (QED) is 0.132. The molecule has 3 aromatic carbocycles. The molecule has 2 unspecified atom stereocenters. The molecule has 226 valence electrons. The smallest absolute Gasteiger partial charge is 0.201 e. The van der Waals surface area contributed by atoms with Crippen molar-refractivity contribution < 1.29 is 22.6 Å². The molecule has 2 nitrogen and oxygen atoms in total. The molecule has 1 aliphatic rings. The SMILES string of the molecule is CC=CCCC1CCC(c2ccc(-c3ccc(-c4ccc(OCCCCCCCCC)c(F)c4F)cc3)c(F)c2)CO1. The molecule has 1 fully saturated rings. The second-order valence-corrected chi connectivity index (χ2v) is 11.4. The van der Waals surface area contributed by atoms with Crippen molar-refractivity contribution in [2.24, 2.45) is 0 Å². The number of unbranched alkanes of at least 4 members (excludes halogenated alkanes) is 6. The minimum Gasteiger partial charge on any atom is -0.490 e. The van der Waals surface area contributed by atoms with Gasteiger partial charge in [0.25, 0.3) is 0 Å². The molecule has 42 heavy (non-hydrogen) atoms. The number of hydrogen-bond donors (Lipinski definition) is 0. The number of benzene rings is 3. The maximum atomic E-state index is 15.2. The molecule has 1 saturated heterocycles. The highest BCUT2D eigenvalue weighted by Gasteiger charge is 2.23. The molecule has 0 amide bonds. The summed E-state index contributed by atoms with van der Waals surface area (Å²) in [6.07, 6.45) is 16.4. The van der Waals surface area contributed by atoms with Crippen LogP contribution in [0.5, 0.6) is 5.75 Å². The van der Waals surface area contributed by atoms with Gasteiger partial charge in [0.2, 0.25) is 5.82 Å². The summed E-state index contributed by atoms with van der Waals surface area (Å²) in [7, 11) is 0. The van der Waals surface area contributed by atoms with E-state index in [0.29, 0.717) is 29.9 Å². The van der Waals surface area contributed by atoms with Crippen LogP contribution >= 0.6 is 0 Å². The van der Waals surface area contributed by atoms with E-state index >= 15 is 4.39 Å². The van der Waals surface area contributed by atoms with Gasteiger partial charge in [0.1, 0.15) is 5.82 Å². The van der Waals surface area contributed by atoms with Crippen molar-refractivity contribution in [2.45, 2.75) is 96.5 Å². The highest BCUT2D eigenvalue weighted by molar-refractivity contribution is 5.71. The number of allylic oxidation sites excluding steroid dienone is 2. The predicted molar refractivity (Wildman–Crippen MR) is 166 cm³/mol. The summed E-state index contributed by atoms with van der Waals surface area (Å²) >= 11 is 0. The Morgan fingerprint density at radius 2 is 1.50 bits per heavy atom. The fourth-order valence-corrected chi connectivity index (χ4v) is 5.70. The van der Waals surface area contributed by atoms with E-state index in [0.717, 1.165) is 50.5 Å². The largest absolute Gasteiger partial charge is 0.490 e. The zero-order valence-corrected chi connectivity index (χ0v) is 25.1. The second-order valence-electron chi connectivity index (χ2n) is 11.4. The minimum atomic E-state index is -0.975. The van der Waals surface area contributed by atoms with Gasteiger partial charge in [-0.1, -0.05) is 94.0 Å². The topological polar surface area (TPSA) is 18.5 Å². The monoisotopic (exact) mass is 578 g/mol. The summed E-state index contributed by atoms with van der Waals surface area (Å²) in [6.45, 7) is 5.20. The van der Waals surface area contributed by atoms with Gasteiger partial charge in [0.15, 0.2) is 11.6 Å². The molecule has 1 heterocycles. The molecule has 3 aromatic rings. The van der Waals surface area contributed by atoms with Crippen molar-refractivity contribution in [1.29, 1.82) is 0 Å². The van der Waals surface area contributed by atoms with Gasteiger partial charge in [-0.05, 0) is 73.9 Å². The summed E-state index contributed by atoms with van der Waals surface area (Å²) in [6, 6.07) is 15.3. The van der Waals surface area contributed by atoms with E-state index in [1.807, 2.05) is 13.0 Å². The van der Waals surface area contributed by atoms with Gasteiger partial charge in [-0.15, -0.1) is 0 Å². The zero-order valence-electron chi connectivity index (χ0n) is 25.1. The van der Waals surface area contributed by atoms with Crippen LogP contribution in [0.2, 0.25) is 0 Å². The number of halogens is 3. The second kappa shape index (κ2) is 16.6. The van der Waals surface area contributed by atoms with Gasteiger partial charge >= 0.3 is 0 Å². The molecule has 0 spiro atoms. The minimum absolute atomic E-state index is 0.0615. The first kappa shape index (κ1) is 31.9. The van der Waals surface area contributed by atoms with Gasteiger partial charge in [0.05, 0.1) is 19.3 Å². The molecule has 0 N–H and O–H groups in total. The lowest BCUT2D eigenvalue weighted by molar-refractivity contribution is -0.000225. The van der Waals surface area contributed by atoms with Crippen LogP contribution in [0, 0.1) is 17.5 Å². The summed E-state index contributed by atoms with van der Waals surface area (Å²) in [5.41, 5.74) is 2.79. The van der Waals surface area contributed by atoms with Crippen molar-refractivity contribution in [2.75, 3.05) is 13.2 Å². The number of hydrogen-bond acceptors (Lipinski definition) is 2. The van der Waals surface area contributed by atoms with E-state index in [4.69, 9.17) is 9.47 Å². The van der Waals surface area contributed by atoms with Crippen LogP contribution < -0.4 is 4.74 Å². The Kier molecular flexibility index (Phi) is 12.6. The Balaban J connectivity index is 1.33. The zero-order chi connectivity index (χ0) is 29.7. The Hall–Kier alpha value is -3.05. The lowest BCUT2D eigenvalue weighted by Gasteiger charge is -2.29. The molecule has 4 rings (SSSR count). The van der Waals surface area contributed by atoms with E-state index in [1.54, 1.807) is 42.5 Å². The normalized spacial score (nSPS) is 17.2. The fourth-order valence-electron chi connectivity index (χ4n) is 5.70. The van der Waals surface area contributed by atoms with E-state index in [2.05, 4.69) is 19.1 Å². The van der Waals surface area contributed by atoms with E-state index in [1.165, 1.54) is 31.7 Å². The van der Waals surface area contributed by atoms with Gasteiger partial charge < -0.3 is 9.47 Å². The molecule has 0 saturated carbocycles. The average molecular weight is 579 g/mol. The summed E-state index contributed by atoms with van der Waals surface area (Å²) in [4.78, 5) is 0. The van der Waals surface area contributed by atoms with E-state index < -0.39 is 11.6 Å². The molecule has 0 bridgehead atoms. The Bertz CT molecular complexity index is 1280. The third kappa shape index (κ3) is 8.73. The van der Waals surface area contributed by atoms with Crippen molar-refractivity contribution in [3.05, 3.63) is 89.8 Å². The van der Waals surface area contributed by atoms with Gasteiger partial charge in [-0.2, -0.15) is 4.39 Å². The van der Waals surface area contributed by atoms with Crippen molar-refractivity contribution in [1.82, 2.24) is 0 Å². The van der Waals surface area contributed by atoms with Crippen molar-refractivity contribution >= 4 is 0 Å². The third-order valence-electron chi connectivity index (χ3n) is 8.29. The molecule has 5 heteroatoms. The predicted octanol–water partition coefficient (Wildman–Crippen LogP) is 11.2. The lowest BCUT2D eigenvalue weighted by Crippen LogP contribution is -2.24. The Labute approximate surface area is 250 Å². The van der Waals surface area contributed by atoms with Gasteiger partial charge in [-0.3, -0.25) is 0 Å². The fraction of sp³-hybridized carbons (Fsp3) is 0.459. The molecule has 1 aliphatic heterocycles. The van der Waals surface area contributed by atoms with Crippen LogP contribution in [-0.4, -0.2) is 19.3 Å². The number of rotatable bonds is 15. The molecule has 0 aliphatic carbocycles. The molecule has 0 aromatic heterocycles. The van der Waals surface area contributed by atoms with E-state index in [-0.39, 0.29) is 29.2 Å². The summed E-state index contributed by atoms with van der Waals surface area (Å²) < 4.78 is 56.6.